The SMILES string of the molecule is COc1ccc(C(OCCCC(=O)Sc2cccc([C]=O)c2)(c2ccccc2)c2ccc(OC)cc2)cc1. The van der Waals surface area contributed by atoms with Crippen molar-refractivity contribution >= 4 is 23.2 Å². The molecular formula is C32H29O5S. The second kappa shape index (κ2) is 13.1. The first-order valence-corrected chi connectivity index (χ1v) is 13.1. The Morgan fingerprint density at radius 3 is 1.89 bits per heavy atom. The Bertz CT molecular complexity index is 1290. The summed E-state index contributed by atoms with van der Waals surface area (Å²) < 4.78 is 17.6. The first kappa shape index (κ1) is 27.2. The van der Waals surface area contributed by atoms with E-state index in [9.17, 15) is 9.59 Å². The Balaban J connectivity index is 1.60. The van der Waals surface area contributed by atoms with Gasteiger partial charge in [0.2, 0.25) is 6.29 Å². The van der Waals surface area contributed by atoms with Crippen LogP contribution in [0.25, 0.3) is 0 Å². The highest BCUT2D eigenvalue weighted by Gasteiger charge is 2.37. The first-order chi connectivity index (χ1) is 18.6. The Morgan fingerprint density at radius 2 is 1.34 bits per heavy atom. The van der Waals surface area contributed by atoms with Crippen LogP contribution in [-0.2, 0) is 19.9 Å². The van der Waals surface area contributed by atoms with E-state index < -0.39 is 5.60 Å². The van der Waals surface area contributed by atoms with Gasteiger partial charge in [-0.1, -0.05) is 78.5 Å². The van der Waals surface area contributed by atoms with Crippen molar-refractivity contribution in [2.24, 2.45) is 0 Å². The van der Waals surface area contributed by atoms with Crippen molar-refractivity contribution in [2.45, 2.75) is 23.3 Å². The van der Waals surface area contributed by atoms with Crippen LogP contribution in [-0.4, -0.2) is 32.2 Å². The highest BCUT2D eigenvalue weighted by molar-refractivity contribution is 8.13. The summed E-state index contributed by atoms with van der Waals surface area (Å²) in [6.07, 6.45) is 2.72. The van der Waals surface area contributed by atoms with E-state index in [4.69, 9.17) is 14.2 Å². The van der Waals surface area contributed by atoms with Crippen molar-refractivity contribution in [3.63, 3.8) is 0 Å². The number of hydrogen-bond acceptors (Lipinski definition) is 6. The van der Waals surface area contributed by atoms with E-state index in [1.54, 1.807) is 32.4 Å². The summed E-state index contributed by atoms with van der Waals surface area (Å²) in [6.45, 7) is 0.349. The van der Waals surface area contributed by atoms with Crippen LogP contribution in [0.4, 0.5) is 0 Å². The molecule has 0 saturated carbocycles. The van der Waals surface area contributed by atoms with Gasteiger partial charge in [-0.25, -0.2) is 0 Å². The second-order valence-corrected chi connectivity index (χ2v) is 9.69. The van der Waals surface area contributed by atoms with Crippen LogP contribution >= 0.6 is 11.8 Å². The fourth-order valence-corrected chi connectivity index (χ4v) is 5.16. The van der Waals surface area contributed by atoms with Gasteiger partial charge in [0, 0.05) is 23.5 Å². The molecular weight excluding hydrogens is 496 g/mol. The van der Waals surface area contributed by atoms with E-state index in [2.05, 4.69) is 0 Å². The Morgan fingerprint density at radius 1 is 0.763 bits per heavy atom. The Labute approximate surface area is 227 Å². The van der Waals surface area contributed by atoms with E-state index >= 15 is 0 Å². The summed E-state index contributed by atoms with van der Waals surface area (Å²) in [4.78, 5) is 24.3. The molecule has 0 fully saturated rings. The van der Waals surface area contributed by atoms with Crippen molar-refractivity contribution in [2.75, 3.05) is 20.8 Å². The van der Waals surface area contributed by atoms with Gasteiger partial charge < -0.3 is 14.2 Å². The molecule has 1 radical (unpaired) electrons. The third-order valence-corrected chi connectivity index (χ3v) is 7.12. The van der Waals surface area contributed by atoms with Gasteiger partial charge in [-0.15, -0.1) is 0 Å². The molecule has 0 aliphatic carbocycles. The molecule has 0 atom stereocenters. The maximum absolute atomic E-state index is 12.7. The minimum atomic E-state index is -0.913. The lowest BCUT2D eigenvalue weighted by Crippen LogP contribution is -2.33. The van der Waals surface area contributed by atoms with Crippen molar-refractivity contribution in [1.82, 2.24) is 0 Å². The molecule has 0 N–H and O–H groups in total. The molecule has 0 aromatic heterocycles. The summed E-state index contributed by atoms with van der Waals surface area (Å²) in [6, 6.07) is 32.7. The largest absolute Gasteiger partial charge is 0.497 e. The molecule has 0 amide bonds. The molecule has 6 heteroatoms. The minimum Gasteiger partial charge on any atom is -0.497 e. The summed E-state index contributed by atoms with van der Waals surface area (Å²) in [5, 5.41) is 0.0101. The molecule has 4 aromatic rings. The third kappa shape index (κ3) is 6.33. The molecule has 4 rings (SSSR count). The number of rotatable bonds is 12. The first-order valence-electron chi connectivity index (χ1n) is 12.3. The molecule has 0 saturated heterocycles. The van der Waals surface area contributed by atoms with Crippen LogP contribution < -0.4 is 9.47 Å². The summed E-state index contributed by atoms with van der Waals surface area (Å²) >= 11 is 1.13. The molecule has 38 heavy (non-hydrogen) atoms. The second-order valence-electron chi connectivity index (χ2n) is 8.56. The lowest BCUT2D eigenvalue weighted by Gasteiger charge is -2.36. The molecule has 193 valence electrons. The van der Waals surface area contributed by atoms with E-state index in [1.807, 2.05) is 91.2 Å². The standard InChI is InChI=1S/C32H29O5S/c1-35-28-17-13-26(14-18-28)32(25-9-4-3-5-10-25,27-15-19-29(36-2)20-16-27)37-21-7-12-31(34)38-30-11-6-8-24(22-30)23-33/h3-6,8-11,13-20,22H,7,12,21H2,1-2H3. The van der Waals surface area contributed by atoms with Crippen LogP contribution in [0.3, 0.4) is 0 Å². The fourth-order valence-electron chi connectivity index (χ4n) is 4.32. The summed E-state index contributed by atoms with van der Waals surface area (Å²) in [7, 11) is 3.28. The van der Waals surface area contributed by atoms with E-state index in [0.29, 0.717) is 25.0 Å². The van der Waals surface area contributed by atoms with Crippen LogP contribution in [0.15, 0.2) is 108 Å². The van der Waals surface area contributed by atoms with Gasteiger partial charge in [-0.2, -0.15) is 0 Å². The van der Waals surface area contributed by atoms with E-state index in [1.165, 1.54) is 0 Å². The van der Waals surface area contributed by atoms with Crippen molar-refractivity contribution in [1.29, 1.82) is 0 Å². The molecule has 0 spiro atoms. The average Bonchev–Trinajstić information content (AvgIpc) is 2.98. The van der Waals surface area contributed by atoms with Crippen molar-refractivity contribution in [3.8, 4) is 11.5 Å². The van der Waals surface area contributed by atoms with E-state index in [-0.39, 0.29) is 5.12 Å². The van der Waals surface area contributed by atoms with Crippen LogP contribution in [0.5, 0.6) is 11.5 Å². The Kier molecular flexibility index (Phi) is 9.35. The molecule has 0 heterocycles. The molecule has 0 unspecified atom stereocenters. The number of ether oxygens (including phenoxy) is 3. The van der Waals surface area contributed by atoms with Gasteiger partial charge in [0.25, 0.3) is 0 Å². The molecule has 0 aliphatic heterocycles. The number of carbonyl (C=O) groups excluding carboxylic acids is 2. The summed E-state index contributed by atoms with van der Waals surface area (Å²) in [5.41, 5.74) is 2.37. The predicted molar refractivity (Wildman–Crippen MR) is 150 cm³/mol. The van der Waals surface area contributed by atoms with Gasteiger partial charge in [-0.3, -0.25) is 9.59 Å². The smallest absolute Gasteiger partial charge is 0.233 e. The topological polar surface area (TPSA) is 61.8 Å². The van der Waals surface area contributed by atoms with Gasteiger partial charge in [0.05, 0.1) is 14.2 Å². The average molecular weight is 526 g/mol. The van der Waals surface area contributed by atoms with Crippen LogP contribution in [0, 0.1) is 0 Å². The number of hydrogen-bond donors (Lipinski definition) is 0. The van der Waals surface area contributed by atoms with Gasteiger partial charge >= 0.3 is 0 Å². The lowest BCUT2D eigenvalue weighted by molar-refractivity contribution is -0.111. The monoisotopic (exact) mass is 525 g/mol. The van der Waals surface area contributed by atoms with Gasteiger partial charge in [-0.05, 0) is 59.5 Å². The molecule has 5 nitrogen and oxygen atoms in total. The van der Waals surface area contributed by atoms with Crippen LogP contribution in [0.1, 0.15) is 35.1 Å². The molecule has 0 aliphatic rings. The fraction of sp³-hybridized carbons (Fsp3) is 0.188. The lowest BCUT2D eigenvalue weighted by atomic mass is 9.80. The van der Waals surface area contributed by atoms with Crippen LogP contribution in [0.2, 0.25) is 0 Å². The quantitative estimate of drug-likeness (QED) is 0.118. The van der Waals surface area contributed by atoms with Crippen molar-refractivity contribution in [3.05, 3.63) is 125 Å². The number of benzene rings is 4. The normalized spacial score (nSPS) is 11.1. The zero-order chi connectivity index (χ0) is 26.8. The Hall–Kier alpha value is -3.87. The number of thioether (sulfide) groups is 1. The van der Waals surface area contributed by atoms with Gasteiger partial charge in [0.1, 0.15) is 17.1 Å². The maximum atomic E-state index is 12.7. The van der Waals surface area contributed by atoms with Gasteiger partial charge in [0.15, 0.2) is 5.12 Å². The molecule has 4 aromatic carbocycles. The zero-order valence-corrected chi connectivity index (χ0v) is 22.2. The zero-order valence-electron chi connectivity index (χ0n) is 21.4. The van der Waals surface area contributed by atoms with E-state index in [0.717, 1.165) is 44.8 Å². The molecule has 0 bridgehead atoms. The minimum absolute atomic E-state index is 0.0101. The number of methoxy groups -OCH3 is 2. The summed E-state index contributed by atoms with van der Waals surface area (Å²) in [5.74, 6) is 1.51. The van der Waals surface area contributed by atoms with Crippen molar-refractivity contribution < 1.29 is 23.8 Å². The highest BCUT2D eigenvalue weighted by atomic mass is 32.2. The predicted octanol–water partition coefficient (Wildman–Crippen LogP) is 6.57. The number of carbonyl (C=O) groups is 1. The third-order valence-electron chi connectivity index (χ3n) is 6.20. The highest BCUT2D eigenvalue weighted by Crippen LogP contribution is 2.41. The maximum Gasteiger partial charge on any atom is 0.233 e.